The Balaban J connectivity index is 2.04. The molecule has 0 saturated carbocycles. The molecule has 3 nitrogen and oxygen atoms in total. The molecule has 104 valence electrons. The van der Waals surface area contributed by atoms with E-state index in [0.29, 0.717) is 12.3 Å². The number of Topliss-reactive ketones (excluding diaryl/α,β-unsaturated/α-hetero) is 1. The first kappa shape index (κ1) is 14.4. The number of nitrogens with two attached hydrogens (primary N) is 1. The largest absolute Gasteiger partial charge is 0.375 e. The van der Waals surface area contributed by atoms with Crippen LogP contribution < -0.4 is 5.73 Å². The van der Waals surface area contributed by atoms with Crippen molar-refractivity contribution in [2.75, 3.05) is 24.7 Å². The van der Waals surface area contributed by atoms with Gasteiger partial charge in [-0.2, -0.15) is 11.8 Å². The molecular formula is C14H25NO2S. The third-order valence-electron chi connectivity index (χ3n) is 4.45. The Kier molecular flexibility index (Phi) is 4.40. The van der Waals surface area contributed by atoms with E-state index >= 15 is 0 Å². The van der Waals surface area contributed by atoms with Gasteiger partial charge in [0.2, 0.25) is 0 Å². The molecule has 2 saturated heterocycles. The average Bonchev–Trinajstić information content (AvgIpc) is 2.39. The second-order valence-corrected chi connectivity index (χ2v) is 7.51. The Morgan fingerprint density at radius 2 is 2.11 bits per heavy atom. The van der Waals surface area contributed by atoms with Crippen molar-refractivity contribution in [3.8, 4) is 0 Å². The normalized spacial score (nSPS) is 28.3. The SMILES string of the molecule is CC(C)(CN)C(=O)C1CCOC2(CCSCC2)C1. The predicted molar refractivity (Wildman–Crippen MR) is 75.8 cm³/mol. The number of hydrogen-bond acceptors (Lipinski definition) is 4. The molecule has 0 radical (unpaired) electrons. The van der Waals surface area contributed by atoms with Gasteiger partial charge in [0.05, 0.1) is 5.60 Å². The van der Waals surface area contributed by atoms with Crippen molar-refractivity contribution in [2.24, 2.45) is 17.1 Å². The standard InChI is InChI=1S/C14H25NO2S/c1-13(2,10-15)12(16)11-3-6-17-14(9-11)4-7-18-8-5-14/h11H,3-10,15H2,1-2H3. The van der Waals surface area contributed by atoms with Crippen LogP contribution in [0.2, 0.25) is 0 Å². The van der Waals surface area contributed by atoms with E-state index in [0.717, 1.165) is 32.3 Å². The van der Waals surface area contributed by atoms with Crippen molar-refractivity contribution in [1.29, 1.82) is 0 Å². The van der Waals surface area contributed by atoms with Gasteiger partial charge in [0.15, 0.2) is 0 Å². The van der Waals surface area contributed by atoms with E-state index < -0.39 is 0 Å². The molecule has 2 aliphatic rings. The van der Waals surface area contributed by atoms with Crippen LogP contribution in [0.25, 0.3) is 0 Å². The van der Waals surface area contributed by atoms with Crippen LogP contribution in [0.1, 0.15) is 39.5 Å². The molecule has 1 unspecified atom stereocenters. The van der Waals surface area contributed by atoms with Gasteiger partial charge in [0, 0.05) is 24.5 Å². The van der Waals surface area contributed by atoms with Crippen LogP contribution in [0.4, 0.5) is 0 Å². The smallest absolute Gasteiger partial charge is 0.143 e. The van der Waals surface area contributed by atoms with E-state index in [9.17, 15) is 4.79 Å². The number of carbonyl (C=O) groups is 1. The fraction of sp³-hybridized carbons (Fsp3) is 0.929. The van der Waals surface area contributed by atoms with Gasteiger partial charge in [0.25, 0.3) is 0 Å². The van der Waals surface area contributed by atoms with Crippen LogP contribution in [0.15, 0.2) is 0 Å². The van der Waals surface area contributed by atoms with Gasteiger partial charge in [-0.1, -0.05) is 13.8 Å². The van der Waals surface area contributed by atoms with Crippen molar-refractivity contribution >= 4 is 17.5 Å². The van der Waals surface area contributed by atoms with Crippen molar-refractivity contribution in [3.63, 3.8) is 0 Å². The van der Waals surface area contributed by atoms with Gasteiger partial charge in [-0.05, 0) is 37.2 Å². The molecular weight excluding hydrogens is 246 g/mol. The Labute approximate surface area is 114 Å². The maximum absolute atomic E-state index is 12.5. The highest BCUT2D eigenvalue weighted by Gasteiger charge is 2.43. The van der Waals surface area contributed by atoms with Crippen LogP contribution in [-0.4, -0.2) is 36.0 Å². The Hall–Kier alpha value is -0.0600. The Morgan fingerprint density at radius 1 is 1.44 bits per heavy atom. The summed E-state index contributed by atoms with van der Waals surface area (Å²) in [4.78, 5) is 12.5. The second-order valence-electron chi connectivity index (χ2n) is 6.29. The molecule has 18 heavy (non-hydrogen) atoms. The van der Waals surface area contributed by atoms with Crippen LogP contribution >= 0.6 is 11.8 Å². The van der Waals surface area contributed by atoms with Gasteiger partial charge in [-0.25, -0.2) is 0 Å². The molecule has 1 spiro atoms. The van der Waals surface area contributed by atoms with Crippen LogP contribution in [0.3, 0.4) is 0 Å². The average molecular weight is 271 g/mol. The highest BCUT2D eigenvalue weighted by Crippen LogP contribution is 2.41. The lowest BCUT2D eigenvalue weighted by Crippen LogP contribution is -2.47. The van der Waals surface area contributed by atoms with E-state index in [1.54, 1.807) is 0 Å². The van der Waals surface area contributed by atoms with Crippen molar-refractivity contribution < 1.29 is 9.53 Å². The lowest BCUT2D eigenvalue weighted by atomic mass is 9.73. The summed E-state index contributed by atoms with van der Waals surface area (Å²) in [5.74, 6) is 2.83. The number of ether oxygens (including phenoxy) is 1. The molecule has 2 heterocycles. The van der Waals surface area contributed by atoms with E-state index in [2.05, 4.69) is 0 Å². The van der Waals surface area contributed by atoms with Crippen LogP contribution in [0, 0.1) is 11.3 Å². The van der Waals surface area contributed by atoms with Gasteiger partial charge in [-0.15, -0.1) is 0 Å². The number of ketones is 1. The molecule has 0 aromatic rings. The van der Waals surface area contributed by atoms with Gasteiger partial charge in [-0.3, -0.25) is 4.79 Å². The minimum absolute atomic E-state index is 0.00545. The molecule has 0 bridgehead atoms. The van der Waals surface area contributed by atoms with Crippen LogP contribution in [-0.2, 0) is 9.53 Å². The molecule has 4 heteroatoms. The topological polar surface area (TPSA) is 52.3 Å². The van der Waals surface area contributed by atoms with Crippen molar-refractivity contribution in [2.45, 2.75) is 45.1 Å². The molecule has 1 atom stereocenters. The summed E-state index contributed by atoms with van der Waals surface area (Å²) in [6, 6.07) is 0. The molecule has 2 N–H and O–H groups in total. The fourth-order valence-electron chi connectivity index (χ4n) is 3.00. The maximum atomic E-state index is 12.5. The molecule has 0 aliphatic carbocycles. The number of carbonyl (C=O) groups excluding carboxylic acids is 1. The number of hydrogen-bond donors (Lipinski definition) is 1. The molecule has 0 aromatic heterocycles. The van der Waals surface area contributed by atoms with Gasteiger partial charge < -0.3 is 10.5 Å². The quantitative estimate of drug-likeness (QED) is 0.855. The molecule has 2 rings (SSSR count). The Morgan fingerprint density at radius 3 is 2.72 bits per heavy atom. The zero-order valence-electron chi connectivity index (χ0n) is 11.5. The number of rotatable bonds is 3. The summed E-state index contributed by atoms with van der Waals surface area (Å²) in [6.45, 7) is 5.11. The van der Waals surface area contributed by atoms with E-state index in [-0.39, 0.29) is 16.9 Å². The lowest BCUT2D eigenvalue weighted by Gasteiger charge is -2.44. The van der Waals surface area contributed by atoms with E-state index in [1.165, 1.54) is 11.5 Å². The highest BCUT2D eigenvalue weighted by molar-refractivity contribution is 7.99. The highest BCUT2D eigenvalue weighted by atomic mass is 32.2. The maximum Gasteiger partial charge on any atom is 0.143 e. The summed E-state index contributed by atoms with van der Waals surface area (Å²) >= 11 is 2.00. The summed E-state index contributed by atoms with van der Waals surface area (Å²) in [5, 5.41) is 0. The minimum atomic E-state index is -0.382. The molecule has 2 aliphatic heterocycles. The zero-order chi connectivity index (χ0) is 13.2. The number of thioether (sulfide) groups is 1. The molecule has 0 aromatic carbocycles. The van der Waals surface area contributed by atoms with Crippen molar-refractivity contribution in [1.82, 2.24) is 0 Å². The summed E-state index contributed by atoms with van der Waals surface area (Å²) in [7, 11) is 0. The van der Waals surface area contributed by atoms with Gasteiger partial charge in [0.1, 0.15) is 5.78 Å². The Bertz CT molecular complexity index is 305. The molecule has 0 amide bonds. The second kappa shape index (κ2) is 5.51. The van der Waals surface area contributed by atoms with E-state index in [1.807, 2.05) is 25.6 Å². The lowest BCUT2D eigenvalue weighted by molar-refractivity contribution is -0.145. The first-order valence-corrected chi connectivity index (χ1v) is 8.11. The first-order chi connectivity index (χ1) is 8.49. The zero-order valence-corrected chi connectivity index (χ0v) is 12.4. The first-order valence-electron chi connectivity index (χ1n) is 6.95. The molecule has 2 fully saturated rings. The van der Waals surface area contributed by atoms with E-state index in [4.69, 9.17) is 10.5 Å². The van der Waals surface area contributed by atoms with Gasteiger partial charge >= 0.3 is 0 Å². The minimum Gasteiger partial charge on any atom is -0.375 e. The summed E-state index contributed by atoms with van der Waals surface area (Å²) in [6.07, 6.45) is 3.99. The third kappa shape index (κ3) is 2.91. The predicted octanol–water partition coefficient (Wildman–Crippen LogP) is 2.23. The van der Waals surface area contributed by atoms with Crippen LogP contribution in [0.5, 0.6) is 0 Å². The monoisotopic (exact) mass is 271 g/mol. The fourth-order valence-corrected chi connectivity index (χ4v) is 4.23. The van der Waals surface area contributed by atoms with Crippen molar-refractivity contribution in [3.05, 3.63) is 0 Å². The summed E-state index contributed by atoms with van der Waals surface area (Å²) in [5.41, 5.74) is 5.34. The third-order valence-corrected chi connectivity index (χ3v) is 5.43. The summed E-state index contributed by atoms with van der Waals surface area (Å²) < 4.78 is 6.04.